The fraction of sp³-hybridized carbons (Fsp3) is 0.647. The van der Waals surface area contributed by atoms with Gasteiger partial charge in [-0.3, -0.25) is 4.90 Å². The Morgan fingerprint density at radius 3 is 2.50 bits per heavy atom. The molecule has 1 aromatic rings. The van der Waals surface area contributed by atoms with Crippen molar-refractivity contribution in [1.29, 1.82) is 0 Å². The zero-order valence-corrected chi connectivity index (χ0v) is 14.5. The summed E-state index contributed by atoms with van der Waals surface area (Å²) in [6.07, 6.45) is 2.54. The molecular weight excluding hydrogens is 312 g/mol. The summed E-state index contributed by atoms with van der Waals surface area (Å²) in [4.78, 5) is 2.65. The van der Waals surface area contributed by atoms with Gasteiger partial charge in [-0.05, 0) is 42.9 Å². The highest BCUT2D eigenvalue weighted by Gasteiger charge is 2.23. The first-order valence-electron chi connectivity index (χ1n) is 7.78. The van der Waals surface area contributed by atoms with Gasteiger partial charge in [-0.2, -0.15) is 0 Å². The van der Waals surface area contributed by atoms with Crippen molar-refractivity contribution < 1.29 is 0 Å². The Bertz CT molecular complexity index is 425. The molecule has 0 spiro atoms. The molecule has 0 amide bonds. The van der Waals surface area contributed by atoms with E-state index >= 15 is 0 Å². The molecule has 112 valence electrons. The summed E-state index contributed by atoms with van der Waals surface area (Å²) in [5.74, 6) is 0.768. The summed E-state index contributed by atoms with van der Waals surface area (Å²) in [6, 6.07) is 7.35. The largest absolute Gasteiger partial charge is 0.314 e. The van der Waals surface area contributed by atoms with Crippen LogP contribution in [0.2, 0.25) is 0 Å². The summed E-state index contributed by atoms with van der Waals surface area (Å²) in [7, 11) is 0. The molecule has 0 aliphatic carbocycles. The standard InChI is InChI=1S/C17H27BrN2/c1-13(2)4-7-17(20-10-8-19-9-11-20)15-6-5-14(3)12-16(15)18/h5-6,12-13,17,19H,4,7-11H2,1-3H3/t17-/m0/s1. The molecule has 1 fully saturated rings. The molecule has 3 heteroatoms. The Balaban J connectivity index is 2.19. The minimum Gasteiger partial charge on any atom is -0.314 e. The van der Waals surface area contributed by atoms with E-state index in [1.54, 1.807) is 0 Å². The van der Waals surface area contributed by atoms with E-state index in [0.29, 0.717) is 6.04 Å². The zero-order valence-electron chi connectivity index (χ0n) is 13.0. The number of benzene rings is 1. The van der Waals surface area contributed by atoms with Crippen molar-refractivity contribution in [2.45, 2.75) is 39.7 Å². The maximum absolute atomic E-state index is 3.78. The number of nitrogens with one attached hydrogen (secondary N) is 1. The third-order valence-corrected chi connectivity index (χ3v) is 4.81. The lowest BCUT2D eigenvalue weighted by Gasteiger charge is -2.36. The number of aryl methyl sites for hydroxylation is 1. The summed E-state index contributed by atoms with van der Waals surface area (Å²) >= 11 is 3.78. The maximum Gasteiger partial charge on any atom is 0.0360 e. The molecule has 2 nitrogen and oxygen atoms in total. The third kappa shape index (κ3) is 4.31. The third-order valence-electron chi connectivity index (χ3n) is 4.12. The van der Waals surface area contributed by atoms with Gasteiger partial charge in [-0.25, -0.2) is 0 Å². The topological polar surface area (TPSA) is 15.3 Å². The quantitative estimate of drug-likeness (QED) is 0.867. The molecule has 0 radical (unpaired) electrons. The number of nitrogens with zero attached hydrogens (tertiary/aromatic N) is 1. The SMILES string of the molecule is Cc1ccc([C@H](CCC(C)C)N2CCNCC2)c(Br)c1. The molecular formula is C17H27BrN2. The minimum absolute atomic E-state index is 0.550. The van der Waals surface area contributed by atoms with Crippen LogP contribution in [-0.4, -0.2) is 31.1 Å². The van der Waals surface area contributed by atoms with Crippen LogP contribution in [-0.2, 0) is 0 Å². The highest BCUT2D eigenvalue weighted by Crippen LogP contribution is 2.33. The molecule has 2 rings (SSSR count). The highest BCUT2D eigenvalue weighted by atomic mass is 79.9. The Morgan fingerprint density at radius 2 is 1.90 bits per heavy atom. The van der Waals surface area contributed by atoms with E-state index in [0.717, 1.165) is 32.1 Å². The van der Waals surface area contributed by atoms with Crippen LogP contribution in [0.4, 0.5) is 0 Å². The number of rotatable bonds is 5. The van der Waals surface area contributed by atoms with E-state index in [-0.39, 0.29) is 0 Å². The number of hydrogen-bond donors (Lipinski definition) is 1. The summed E-state index contributed by atoms with van der Waals surface area (Å²) in [5.41, 5.74) is 2.78. The van der Waals surface area contributed by atoms with Crippen molar-refractivity contribution >= 4 is 15.9 Å². The first-order valence-corrected chi connectivity index (χ1v) is 8.58. The molecule has 0 bridgehead atoms. The molecule has 0 saturated carbocycles. The molecule has 0 aromatic heterocycles. The molecule has 1 atom stereocenters. The minimum atomic E-state index is 0.550. The van der Waals surface area contributed by atoms with Crippen molar-refractivity contribution in [1.82, 2.24) is 10.2 Å². The molecule has 1 aliphatic heterocycles. The van der Waals surface area contributed by atoms with Crippen molar-refractivity contribution in [2.24, 2.45) is 5.92 Å². The Labute approximate surface area is 132 Å². The van der Waals surface area contributed by atoms with Gasteiger partial charge in [0, 0.05) is 36.7 Å². The Hall–Kier alpha value is -0.380. The number of halogens is 1. The molecule has 1 aromatic carbocycles. The zero-order chi connectivity index (χ0) is 14.5. The average Bonchev–Trinajstić information content (AvgIpc) is 2.42. The highest BCUT2D eigenvalue weighted by molar-refractivity contribution is 9.10. The van der Waals surface area contributed by atoms with Crippen LogP contribution in [0.5, 0.6) is 0 Å². The second-order valence-electron chi connectivity index (χ2n) is 6.30. The molecule has 1 heterocycles. The number of hydrogen-bond acceptors (Lipinski definition) is 2. The van der Waals surface area contributed by atoms with Gasteiger partial charge in [0.15, 0.2) is 0 Å². The molecule has 1 saturated heterocycles. The van der Waals surface area contributed by atoms with Gasteiger partial charge < -0.3 is 5.32 Å². The van der Waals surface area contributed by atoms with Crippen molar-refractivity contribution in [2.75, 3.05) is 26.2 Å². The fourth-order valence-corrected chi connectivity index (χ4v) is 3.68. The Kier molecular flexibility index (Phi) is 6.06. The second-order valence-corrected chi connectivity index (χ2v) is 7.15. The molecule has 20 heavy (non-hydrogen) atoms. The van der Waals surface area contributed by atoms with Gasteiger partial charge in [-0.15, -0.1) is 0 Å². The predicted octanol–water partition coefficient (Wildman–Crippen LogP) is 4.14. The van der Waals surface area contributed by atoms with E-state index in [4.69, 9.17) is 0 Å². The van der Waals surface area contributed by atoms with Gasteiger partial charge in [0.2, 0.25) is 0 Å². The van der Waals surface area contributed by atoms with E-state index in [1.165, 1.54) is 28.4 Å². The van der Waals surface area contributed by atoms with Crippen molar-refractivity contribution in [3.63, 3.8) is 0 Å². The van der Waals surface area contributed by atoms with Crippen LogP contribution in [0.25, 0.3) is 0 Å². The normalized spacial score (nSPS) is 18.4. The smallest absolute Gasteiger partial charge is 0.0360 e. The Morgan fingerprint density at radius 1 is 1.20 bits per heavy atom. The lowest BCUT2D eigenvalue weighted by Crippen LogP contribution is -2.45. The van der Waals surface area contributed by atoms with Crippen LogP contribution in [0, 0.1) is 12.8 Å². The fourth-order valence-electron chi connectivity index (χ4n) is 2.92. The predicted molar refractivity (Wildman–Crippen MR) is 90.1 cm³/mol. The van der Waals surface area contributed by atoms with E-state index < -0.39 is 0 Å². The van der Waals surface area contributed by atoms with E-state index in [2.05, 4.69) is 65.1 Å². The lowest BCUT2D eigenvalue weighted by atomic mass is 9.95. The summed E-state index contributed by atoms with van der Waals surface area (Å²) < 4.78 is 1.27. The van der Waals surface area contributed by atoms with E-state index in [9.17, 15) is 0 Å². The van der Waals surface area contributed by atoms with Crippen LogP contribution >= 0.6 is 15.9 Å². The number of piperazine rings is 1. The van der Waals surface area contributed by atoms with Gasteiger partial charge in [0.05, 0.1) is 0 Å². The van der Waals surface area contributed by atoms with Gasteiger partial charge in [-0.1, -0.05) is 41.9 Å². The van der Waals surface area contributed by atoms with Crippen molar-refractivity contribution in [3.8, 4) is 0 Å². The second kappa shape index (κ2) is 7.58. The monoisotopic (exact) mass is 338 g/mol. The van der Waals surface area contributed by atoms with Gasteiger partial charge >= 0.3 is 0 Å². The maximum atomic E-state index is 3.78. The van der Waals surface area contributed by atoms with Crippen LogP contribution < -0.4 is 5.32 Å². The molecule has 0 unspecified atom stereocenters. The summed E-state index contributed by atoms with van der Waals surface area (Å²) in [6.45, 7) is 11.3. The van der Waals surface area contributed by atoms with Crippen LogP contribution in [0.1, 0.15) is 43.9 Å². The van der Waals surface area contributed by atoms with Gasteiger partial charge in [0.25, 0.3) is 0 Å². The first-order chi connectivity index (χ1) is 9.58. The molecule has 1 aliphatic rings. The van der Waals surface area contributed by atoms with E-state index in [1.807, 2.05) is 0 Å². The van der Waals surface area contributed by atoms with Crippen molar-refractivity contribution in [3.05, 3.63) is 33.8 Å². The average molecular weight is 339 g/mol. The van der Waals surface area contributed by atoms with Crippen LogP contribution in [0.3, 0.4) is 0 Å². The van der Waals surface area contributed by atoms with Crippen LogP contribution in [0.15, 0.2) is 22.7 Å². The molecule has 1 N–H and O–H groups in total. The summed E-state index contributed by atoms with van der Waals surface area (Å²) in [5, 5.41) is 3.46. The lowest BCUT2D eigenvalue weighted by molar-refractivity contribution is 0.159. The van der Waals surface area contributed by atoms with Gasteiger partial charge in [0.1, 0.15) is 0 Å². The first kappa shape index (κ1) is 16.0.